The lowest BCUT2D eigenvalue weighted by atomic mass is 9.84. The Kier molecular flexibility index (Phi) is 2.66. The monoisotopic (exact) mass is 271 g/mol. The number of amides is 1. The molecule has 0 saturated heterocycles. The highest BCUT2D eigenvalue weighted by Crippen LogP contribution is 2.42. The summed E-state index contributed by atoms with van der Waals surface area (Å²) < 4.78 is 14.3. The van der Waals surface area contributed by atoms with Crippen molar-refractivity contribution in [1.82, 2.24) is 0 Å². The molecule has 20 heavy (non-hydrogen) atoms. The maximum Gasteiger partial charge on any atom is 0.265 e. The first-order valence-electron chi connectivity index (χ1n) is 6.35. The van der Waals surface area contributed by atoms with Gasteiger partial charge < -0.3 is 10.4 Å². The average Bonchev–Trinajstić information content (AvgIpc) is 2.61. The van der Waals surface area contributed by atoms with Crippen molar-refractivity contribution in [3.63, 3.8) is 0 Å². The van der Waals surface area contributed by atoms with Gasteiger partial charge in [-0.2, -0.15) is 0 Å². The van der Waals surface area contributed by atoms with E-state index < -0.39 is 17.3 Å². The average molecular weight is 271 g/mol. The van der Waals surface area contributed by atoms with Gasteiger partial charge in [0.15, 0.2) is 5.60 Å². The molecule has 0 aromatic heterocycles. The van der Waals surface area contributed by atoms with Crippen molar-refractivity contribution < 1.29 is 14.3 Å². The van der Waals surface area contributed by atoms with Gasteiger partial charge in [-0.25, -0.2) is 4.39 Å². The Labute approximate surface area is 116 Å². The Morgan fingerprint density at radius 2 is 1.90 bits per heavy atom. The quantitative estimate of drug-likeness (QED) is 0.837. The molecule has 3 nitrogen and oxygen atoms in total. The van der Waals surface area contributed by atoms with Gasteiger partial charge in [0, 0.05) is 16.8 Å². The van der Waals surface area contributed by atoms with Gasteiger partial charge in [-0.15, -0.1) is 0 Å². The molecule has 2 aromatic rings. The van der Waals surface area contributed by atoms with Gasteiger partial charge in [-0.05, 0) is 37.1 Å². The molecule has 1 aliphatic rings. The van der Waals surface area contributed by atoms with Crippen LogP contribution in [0.25, 0.3) is 0 Å². The normalized spacial score (nSPS) is 20.7. The van der Waals surface area contributed by atoms with Gasteiger partial charge in [-0.3, -0.25) is 4.79 Å². The maximum atomic E-state index is 14.3. The molecular formula is C16H14FNO2. The lowest BCUT2D eigenvalue weighted by Gasteiger charge is -2.24. The van der Waals surface area contributed by atoms with Crippen molar-refractivity contribution in [2.45, 2.75) is 19.4 Å². The minimum Gasteiger partial charge on any atom is -0.372 e. The number of nitrogens with one attached hydrogen (secondary N) is 1. The van der Waals surface area contributed by atoms with E-state index in [9.17, 15) is 14.3 Å². The molecule has 1 unspecified atom stereocenters. The molecule has 1 aliphatic heterocycles. The number of hydrogen-bond acceptors (Lipinski definition) is 2. The third-order valence-electron chi connectivity index (χ3n) is 3.69. The van der Waals surface area contributed by atoms with Gasteiger partial charge in [0.05, 0.1) is 0 Å². The van der Waals surface area contributed by atoms with Crippen LogP contribution < -0.4 is 5.32 Å². The Morgan fingerprint density at radius 1 is 1.20 bits per heavy atom. The van der Waals surface area contributed by atoms with E-state index in [-0.39, 0.29) is 5.56 Å². The molecule has 0 fully saturated rings. The van der Waals surface area contributed by atoms with Gasteiger partial charge in [-0.1, -0.05) is 24.3 Å². The van der Waals surface area contributed by atoms with Crippen molar-refractivity contribution in [3.05, 3.63) is 64.5 Å². The fourth-order valence-corrected chi connectivity index (χ4v) is 2.86. The van der Waals surface area contributed by atoms with Gasteiger partial charge in [0.2, 0.25) is 0 Å². The molecule has 0 spiro atoms. The third kappa shape index (κ3) is 1.58. The SMILES string of the molecule is Cc1cc(C)c(C2(O)C(=O)Nc3ccccc32)c(F)c1. The predicted molar refractivity (Wildman–Crippen MR) is 73.9 cm³/mol. The van der Waals surface area contributed by atoms with E-state index in [1.165, 1.54) is 6.07 Å². The number of hydrogen-bond donors (Lipinski definition) is 2. The zero-order valence-corrected chi connectivity index (χ0v) is 11.2. The predicted octanol–water partition coefficient (Wildman–Crippen LogP) is 2.63. The van der Waals surface area contributed by atoms with Crippen LogP contribution in [-0.2, 0) is 10.4 Å². The zero-order valence-electron chi connectivity index (χ0n) is 11.2. The number of rotatable bonds is 1. The first-order valence-corrected chi connectivity index (χ1v) is 6.35. The fourth-order valence-electron chi connectivity index (χ4n) is 2.86. The summed E-state index contributed by atoms with van der Waals surface area (Å²) in [7, 11) is 0. The first-order chi connectivity index (χ1) is 9.44. The van der Waals surface area contributed by atoms with Gasteiger partial charge >= 0.3 is 0 Å². The molecule has 0 aliphatic carbocycles. The summed E-state index contributed by atoms with van der Waals surface area (Å²) in [5, 5.41) is 13.5. The van der Waals surface area contributed by atoms with Crippen molar-refractivity contribution in [2.75, 3.05) is 5.32 Å². The van der Waals surface area contributed by atoms with Crippen molar-refractivity contribution in [3.8, 4) is 0 Å². The van der Waals surface area contributed by atoms with Crippen molar-refractivity contribution in [1.29, 1.82) is 0 Å². The zero-order chi connectivity index (χ0) is 14.5. The number of carbonyl (C=O) groups is 1. The standard InChI is InChI=1S/C16H14FNO2/c1-9-7-10(2)14(12(17)8-9)16(20)11-5-3-4-6-13(11)18-15(16)19/h3-8,20H,1-2H3,(H,18,19). The highest BCUT2D eigenvalue weighted by Gasteiger charge is 2.49. The van der Waals surface area contributed by atoms with Crippen LogP contribution in [-0.4, -0.2) is 11.0 Å². The Morgan fingerprint density at radius 3 is 2.60 bits per heavy atom. The van der Waals surface area contributed by atoms with E-state index in [4.69, 9.17) is 0 Å². The lowest BCUT2D eigenvalue weighted by Crippen LogP contribution is -2.37. The second kappa shape index (κ2) is 4.15. The Hall–Kier alpha value is -2.20. The minimum atomic E-state index is -1.97. The number of aryl methyl sites for hydroxylation is 2. The molecule has 0 bridgehead atoms. The highest BCUT2D eigenvalue weighted by molar-refractivity contribution is 6.07. The second-order valence-corrected chi connectivity index (χ2v) is 5.15. The summed E-state index contributed by atoms with van der Waals surface area (Å²) in [6.07, 6.45) is 0. The largest absolute Gasteiger partial charge is 0.372 e. The van der Waals surface area contributed by atoms with E-state index in [0.29, 0.717) is 16.8 Å². The van der Waals surface area contributed by atoms with E-state index in [2.05, 4.69) is 5.32 Å². The van der Waals surface area contributed by atoms with Gasteiger partial charge in [0.25, 0.3) is 5.91 Å². The van der Waals surface area contributed by atoms with E-state index in [1.807, 2.05) is 0 Å². The third-order valence-corrected chi connectivity index (χ3v) is 3.69. The van der Waals surface area contributed by atoms with Crippen LogP contribution in [0, 0.1) is 19.7 Å². The topological polar surface area (TPSA) is 49.3 Å². The summed E-state index contributed by atoms with van der Waals surface area (Å²) in [6, 6.07) is 9.87. The highest BCUT2D eigenvalue weighted by atomic mass is 19.1. The summed E-state index contributed by atoms with van der Waals surface area (Å²) in [5.74, 6) is -1.19. The first kappa shape index (κ1) is 12.8. The van der Waals surface area contributed by atoms with Crippen LogP contribution in [0.15, 0.2) is 36.4 Å². The Bertz CT molecular complexity index is 703. The molecule has 2 aromatic carbocycles. The van der Waals surface area contributed by atoms with E-state index in [0.717, 1.165) is 5.56 Å². The summed E-state index contributed by atoms with van der Waals surface area (Å²) in [4.78, 5) is 12.2. The number of benzene rings is 2. The Balaban J connectivity index is 2.31. The van der Waals surface area contributed by atoms with Crippen LogP contribution in [0.5, 0.6) is 0 Å². The smallest absolute Gasteiger partial charge is 0.265 e. The van der Waals surface area contributed by atoms with Crippen LogP contribution >= 0.6 is 0 Å². The molecule has 102 valence electrons. The molecule has 2 N–H and O–H groups in total. The number of carbonyl (C=O) groups excluding carboxylic acids is 1. The fraction of sp³-hybridized carbons (Fsp3) is 0.188. The molecule has 0 radical (unpaired) electrons. The number of para-hydroxylation sites is 1. The second-order valence-electron chi connectivity index (χ2n) is 5.15. The molecular weight excluding hydrogens is 257 g/mol. The molecule has 4 heteroatoms. The van der Waals surface area contributed by atoms with E-state index in [1.54, 1.807) is 44.2 Å². The summed E-state index contributed by atoms with van der Waals surface area (Å²) in [6.45, 7) is 3.46. The number of aliphatic hydroxyl groups is 1. The van der Waals surface area contributed by atoms with Crippen LogP contribution in [0.1, 0.15) is 22.3 Å². The number of anilines is 1. The molecule has 1 heterocycles. The minimum absolute atomic E-state index is 0.0190. The van der Waals surface area contributed by atoms with E-state index >= 15 is 0 Å². The lowest BCUT2D eigenvalue weighted by molar-refractivity contribution is -0.130. The van der Waals surface area contributed by atoms with Crippen molar-refractivity contribution in [2.24, 2.45) is 0 Å². The van der Waals surface area contributed by atoms with Crippen LogP contribution in [0.3, 0.4) is 0 Å². The number of fused-ring (bicyclic) bond motifs is 1. The van der Waals surface area contributed by atoms with Gasteiger partial charge in [0.1, 0.15) is 5.82 Å². The summed E-state index contributed by atoms with van der Waals surface area (Å²) >= 11 is 0. The summed E-state index contributed by atoms with van der Waals surface area (Å²) in [5.41, 5.74) is 0.245. The molecule has 1 atom stereocenters. The number of halogens is 1. The van der Waals surface area contributed by atoms with Crippen LogP contribution in [0.4, 0.5) is 10.1 Å². The van der Waals surface area contributed by atoms with Crippen LogP contribution in [0.2, 0.25) is 0 Å². The molecule has 1 amide bonds. The molecule has 0 saturated carbocycles. The molecule has 3 rings (SSSR count). The maximum absolute atomic E-state index is 14.3. The van der Waals surface area contributed by atoms with Crippen molar-refractivity contribution >= 4 is 11.6 Å².